The summed E-state index contributed by atoms with van der Waals surface area (Å²) >= 11 is 0. The van der Waals surface area contributed by atoms with E-state index in [4.69, 9.17) is 5.73 Å². The van der Waals surface area contributed by atoms with Crippen LogP contribution >= 0.6 is 0 Å². The van der Waals surface area contributed by atoms with E-state index in [-0.39, 0.29) is 30.9 Å². The first kappa shape index (κ1) is 18.9. The number of nitrogens with one attached hydrogen (secondary N) is 2. The summed E-state index contributed by atoms with van der Waals surface area (Å²) in [6, 6.07) is 6.48. The average molecular weight is 346 g/mol. The Morgan fingerprint density at radius 1 is 1.32 bits per heavy atom. The lowest BCUT2D eigenvalue weighted by atomic mass is 9.90. The van der Waals surface area contributed by atoms with Crippen molar-refractivity contribution in [1.82, 2.24) is 15.5 Å². The lowest BCUT2D eigenvalue weighted by Gasteiger charge is -2.31. The Morgan fingerprint density at radius 2 is 1.96 bits per heavy atom. The van der Waals surface area contributed by atoms with Crippen LogP contribution in [0.2, 0.25) is 0 Å². The van der Waals surface area contributed by atoms with Crippen LogP contribution in [0, 0.1) is 5.92 Å². The number of hydrogen-bond donors (Lipinski definition) is 3. The van der Waals surface area contributed by atoms with Gasteiger partial charge < -0.3 is 16.4 Å². The molecule has 1 atom stereocenters. The molecular formula is C18H26N4O3. The topological polar surface area (TPSA) is 105 Å². The van der Waals surface area contributed by atoms with Crippen molar-refractivity contribution >= 4 is 17.8 Å². The van der Waals surface area contributed by atoms with E-state index in [1.165, 1.54) is 0 Å². The van der Waals surface area contributed by atoms with Gasteiger partial charge in [0.1, 0.15) is 0 Å². The quantitative estimate of drug-likeness (QED) is 0.646. The monoisotopic (exact) mass is 346 g/mol. The first-order valence-electron chi connectivity index (χ1n) is 8.44. The Balaban J connectivity index is 2.02. The minimum Gasteiger partial charge on any atom is -0.346 e. The third-order valence-electron chi connectivity index (χ3n) is 4.22. The van der Waals surface area contributed by atoms with Crippen LogP contribution in [0.4, 0.5) is 4.79 Å². The smallest absolute Gasteiger partial charge is 0.324 e. The summed E-state index contributed by atoms with van der Waals surface area (Å²) in [6.07, 6.45) is 0.791. The molecule has 1 aromatic carbocycles. The highest BCUT2D eigenvalue weighted by Crippen LogP contribution is 2.17. The molecule has 0 bridgehead atoms. The Morgan fingerprint density at radius 3 is 2.44 bits per heavy atom. The highest BCUT2D eigenvalue weighted by atomic mass is 16.2. The van der Waals surface area contributed by atoms with Crippen molar-refractivity contribution in [3.8, 4) is 0 Å². The van der Waals surface area contributed by atoms with Crippen LogP contribution in [0.5, 0.6) is 0 Å². The van der Waals surface area contributed by atoms with Gasteiger partial charge in [0.15, 0.2) is 0 Å². The zero-order chi connectivity index (χ0) is 18.6. The molecule has 0 spiro atoms. The minimum atomic E-state index is -0.454. The van der Waals surface area contributed by atoms with E-state index in [2.05, 4.69) is 24.5 Å². The first-order chi connectivity index (χ1) is 11.7. The molecule has 0 radical (unpaired) electrons. The van der Waals surface area contributed by atoms with Gasteiger partial charge in [-0.3, -0.25) is 14.5 Å². The molecule has 4 N–H and O–H groups in total. The number of carbonyl (C=O) groups excluding carboxylic acids is 3. The second kappa shape index (κ2) is 7.65. The molecule has 1 aromatic rings. The van der Waals surface area contributed by atoms with Crippen LogP contribution in [0.15, 0.2) is 24.3 Å². The number of urea groups is 1. The van der Waals surface area contributed by atoms with Gasteiger partial charge in [0.2, 0.25) is 5.91 Å². The number of imide groups is 1. The van der Waals surface area contributed by atoms with Gasteiger partial charge in [-0.2, -0.15) is 0 Å². The summed E-state index contributed by atoms with van der Waals surface area (Å²) in [7, 11) is 0. The number of amides is 4. The summed E-state index contributed by atoms with van der Waals surface area (Å²) in [6.45, 7) is 6.71. The standard InChI is InChI=1S/C18H26N4O3/c1-12(2)8-18(3,11-19)21-16(24)14-6-4-13(5-7-14)10-22-15(23)9-20-17(22)25/h4-7,12H,8-11,19H2,1-3H3,(H,20,25)(H,21,24). The number of hydrogen-bond acceptors (Lipinski definition) is 4. The van der Waals surface area contributed by atoms with Crippen LogP contribution in [-0.2, 0) is 11.3 Å². The summed E-state index contributed by atoms with van der Waals surface area (Å²) < 4.78 is 0. The Kier molecular flexibility index (Phi) is 5.79. The molecule has 2 rings (SSSR count). The van der Waals surface area contributed by atoms with Gasteiger partial charge in [-0.25, -0.2) is 4.79 Å². The van der Waals surface area contributed by atoms with Gasteiger partial charge in [0.05, 0.1) is 13.1 Å². The maximum atomic E-state index is 12.5. The van der Waals surface area contributed by atoms with E-state index in [0.717, 1.165) is 16.9 Å². The Hall–Kier alpha value is -2.41. The number of rotatable bonds is 7. The predicted octanol–water partition coefficient (Wildman–Crippen LogP) is 1.23. The normalized spacial score (nSPS) is 16.8. The maximum Gasteiger partial charge on any atom is 0.324 e. The van der Waals surface area contributed by atoms with Gasteiger partial charge in [-0.05, 0) is 37.0 Å². The molecular weight excluding hydrogens is 320 g/mol. The second-order valence-corrected chi connectivity index (χ2v) is 7.15. The van der Waals surface area contributed by atoms with Crippen LogP contribution in [0.1, 0.15) is 43.1 Å². The summed E-state index contributed by atoms with van der Waals surface area (Å²) in [5.41, 5.74) is 6.68. The molecule has 1 aliphatic heterocycles. The van der Waals surface area contributed by atoms with Crippen molar-refractivity contribution in [1.29, 1.82) is 0 Å². The van der Waals surface area contributed by atoms with Gasteiger partial charge in [-0.1, -0.05) is 26.0 Å². The van der Waals surface area contributed by atoms with Crippen LogP contribution in [0.25, 0.3) is 0 Å². The molecule has 7 nitrogen and oxygen atoms in total. The molecule has 25 heavy (non-hydrogen) atoms. The maximum absolute atomic E-state index is 12.5. The average Bonchev–Trinajstić information content (AvgIpc) is 2.86. The summed E-state index contributed by atoms with van der Waals surface area (Å²) in [5, 5.41) is 5.48. The van der Waals surface area contributed by atoms with E-state index in [1.54, 1.807) is 24.3 Å². The molecule has 1 fully saturated rings. The van der Waals surface area contributed by atoms with Crippen molar-refractivity contribution in [3.63, 3.8) is 0 Å². The number of nitrogens with zero attached hydrogens (tertiary/aromatic N) is 1. The number of carbonyl (C=O) groups is 3. The van der Waals surface area contributed by atoms with Crippen LogP contribution in [0.3, 0.4) is 0 Å². The van der Waals surface area contributed by atoms with Crippen LogP contribution < -0.4 is 16.4 Å². The van der Waals surface area contributed by atoms with Gasteiger partial charge in [0, 0.05) is 17.6 Å². The number of benzene rings is 1. The van der Waals surface area contributed by atoms with E-state index < -0.39 is 5.54 Å². The molecule has 7 heteroatoms. The Bertz CT molecular complexity index is 641. The molecule has 1 unspecified atom stereocenters. The molecule has 1 heterocycles. The predicted molar refractivity (Wildman–Crippen MR) is 94.8 cm³/mol. The van der Waals surface area contributed by atoms with E-state index in [9.17, 15) is 14.4 Å². The van der Waals surface area contributed by atoms with E-state index in [0.29, 0.717) is 18.0 Å². The lowest BCUT2D eigenvalue weighted by molar-refractivity contribution is -0.125. The van der Waals surface area contributed by atoms with Crippen LogP contribution in [-0.4, -0.2) is 41.4 Å². The lowest BCUT2D eigenvalue weighted by Crippen LogP contribution is -2.52. The zero-order valence-corrected chi connectivity index (χ0v) is 15.0. The molecule has 1 aliphatic rings. The molecule has 0 saturated carbocycles. The zero-order valence-electron chi connectivity index (χ0n) is 15.0. The molecule has 1 saturated heterocycles. The fraction of sp³-hybridized carbons (Fsp3) is 0.500. The van der Waals surface area contributed by atoms with Gasteiger partial charge in [0.25, 0.3) is 5.91 Å². The largest absolute Gasteiger partial charge is 0.346 e. The fourth-order valence-corrected chi connectivity index (χ4v) is 2.99. The van der Waals surface area contributed by atoms with Crippen molar-refractivity contribution in [2.45, 2.75) is 39.3 Å². The molecule has 0 aliphatic carbocycles. The second-order valence-electron chi connectivity index (χ2n) is 7.15. The number of nitrogens with two attached hydrogens (primary N) is 1. The summed E-state index contributed by atoms with van der Waals surface area (Å²) in [4.78, 5) is 36.8. The fourth-order valence-electron chi connectivity index (χ4n) is 2.99. The molecule has 136 valence electrons. The Labute approximate surface area is 147 Å². The molecule has 0 aromatic heterocycles. The van der Waals surface area contributed by atoms with Crippen molar-refractivity contribution in [3.05, 3.63) is 35.4 Å². The summed E-state index contributed by atoms with van der Waals surface area (Å²) in [5.74, 6) is -0.0188. The van der Waals surface area contributed by atoms with Gasteiger partial charge in [-0.15, -0.1) is 0 Å². The van der Waals surface area contributed by atoms with Crippen molar-refractivity contribution in [2.75, 3.05) is 13.1 Å². The highest BCUT2D eigenvalue weighted by molar-refractivity contribution is 6.01. The SMILES string of the molecule is CC(C)CC(C)(CN)NC(=O)c1ccc(CN2C(=O)CNC2=O)cc1. The van der Waals surface area contributed by atoms with E-state index >= 15 is 0 Å². The highest BCUT2D eigenvalue weighted by Gasteiger charge is 2.29. The molecule has 4 amide bonds. The third kappa shape index (κ3) is 4.79. The van der Waals surface area contributed by atoms with Crippen molar-refractivity contribution in [2.24, 2.45) is 11.7 Å². The van der Waals surface area contributed by atoms with Crippen molar-refractivity contribution < 1.29 is 14.4 Å². The van der Waals surface area contributed by atoms with Gasteiger partial charge >= 0.3 is 6.03 Å². The minimum absolute atomic E-state index is 0.0346. The first-order valence-corrected chi connectivity index (χ1v) is 8.44. The third-order valence-corrected chi connectivity index (χ3v) is 4.22. The van der Waals surface area contributed by atoms with E-state index in [1.807, 2.05) is 6.92 Å².